The van der Waals surface area contributed by atoms with Gasteiger partial charge in [0.15, 0.2) is 0 Å². The third-order valence-electron chi connectivity index (χ3n) is 2.50. The highest BCUT2D eigenvalue weighted by atomic mass is 32.2. The van der Waals surface area contributed by atoms with Crippen LogP contribution in [0.25, 0.3) is 0 Å². The molecule has 0 heterocycles. The Kier molecular flexibility index (Phi) is 5.70. The van der Waals surface area contributed by atoms with E-state index in [1.807, 2.05) is 0 Å². The van der Waals surface area contributed by atoms with Crippen LogP contribution in [-0.4, -0.2) is 40.1 Å². The van der Waals surface area contributed by atoms with Gasteiger partial charge in [0.1, 0.15) is 17.3 Å². The quantitative estimate of drug-likeness (QED) is 0.585. The second kappa shape index (κ2) is 6.75. The van der Waals surface area contributed by atoms with Gasteiger partial charge in [0.2, 0.25) is 0 Å². The van der Waals surface area contributed by atoms with E-state index in [1.165, 1.54) is 0 Å². The smallest absolute Gasteiger partial charge is 0.417 e. The fraction of sp³-hybridized carbons (Fsp3) is 0.455. The molecule has 0 amide bonds. The van der Waals surface area contributed by atoms with Crippen LogP contribution in [0.15, 0.2) is 23.1 Å². The molecular formula is C11H12F5NO4S. The van der Waals surface area contributed by atoms with E-state index in [9.17, 15) is 30.4 Å². The minimum Gasteiger partial charge on any atom is -0.486 e. The number of halogens is 5. The molecule has 0 radical (unpaired) electrons. The third-order valence-corrected chi connectivity index (χ3v) is 4.27. The van der Waals surface area contributed by atoms with E-state index >= 15 is 0 Å². The van der Waals surface area contributed by atoms with E-state index in [0.717, 1.165) is 26.3 Å². The van der Waals surface area contributed by atoms with E-state index < -0.39 is 45.4 Å². The summed E-state index contributed by atoms with van der Waals surface area (Å²) in [5, 5.41) is 0. The summed E-state index contributed by atoms with van der Waals surface area (Å²) in [5.74, 6) is -0.834. The monoisotopic (exact) mass is 349 g/mol. The van der Waals surface area contributed by atoms with Gasteiger partial charge >= 0.3 is 6.18 Å². The fourth-order valence-electron chi connectivity index (χ4n) is 1.50. The molecule has 0 saturated carbocycles. The molecule has 0 saturated heterocycles. The molecular weight excluding hydrogens is 337 g/mol. The molecule has 11 heteroatoms. The number of benzene rings is 1. The number of hydroxylamine groups is 1. The first-order valence-corrected chi connectivity index (χ1v) is 7.10. The lowest BCUT2D eigenvalue weighted by atomic mass is 10.2. The minimum atomic E-state index is -5.03. The Hall–Kier alpha value is -1.46. The van der Waals surface area contributed by atoms with Crippen LogP contribution in [0, 0.1) is 0 Å². The third kappa shape index (κ3) is 4.05. The van der Waals surface area contributed by atoms with Crippen molar-refractivity contribution in [2.45, 2.75) is 17.5 Å². The molecule has 0 aromatic heterocycles. The molecule has 0 N–H and O–H groups in total. The van der Waals surface area contributed by atoms with E-state index in [4.69, 9.17) is 0 Å². The molecule has 5 nitrogen and oxygen atoms in total. The lowest BCUT2D eigenvalue weighted by Crippen LogP contribution is -2.29. The Morgan fingerprint density at radius 3 is 2.32 bits per heavy atom. The summed E-state index contributed by atoms with van der Waals surface area (Å²) in [5.41, 5.74) is -1.54. The van der Waals surface area contributed by atoms with Crippen molar-refractivity contribution in [1.82, 2.24) is 4.47 Å². The normalized spacial score (nSPS) is 13.0. The largest absolute Gasteiger partial charge is 0.486 e. The lowest BCUT2D eigenvalue weighted by molar-refractivity contribution is -0.140. The molecule has 0 unspecified atom stereocenters. The van der Waals surface area contributed by atoms with Crippen molar-refractivity contribution in [2.75, 3.05) is 20.8 Å². The molecule has 1 rings (SSSR count). The topological polar surface area (TPSA) is 55.8 Å². The molecule has 1 aromatic carbocycles. The van der Waals surface area contributed by atoms with Crippen molar-refractivity contribution >= 4 is 10.0 Å². The van der Waals surface area contributed by atoms with Crippen LogP contribution in [0.1, 0.15) is 5.56 Å². The summed E-state index contributed by atoms with van der Waals surface area (Å²) in [6.45, 7) is -1.25. The standard InChI is InChI=1S/C11H12F5NO4S/c1-17(20-2)22(18,19)10-7(11(14,15)16)4-3-5-8(10)21-6-9(12)13/h3-5,9H,6H2,1-2H3. The van der Waals surface area contributed by atoms with E-state index in [2.05, 4.69) is 9.57 Å². The van der Waals surface area contributed by atoms with Gasteiger partial charge in [-0.25, -0.2) is 17.2 Å². The zero-order valence-electron chi connectivity index (χ0n) is 11.4. The number of sulfonamides is 1. The zero-order valence-corrected chi connectivity index (χ0v) is 12.2. The van der Waals surface area contributed by atoms with Gasteiger partial charge in [-0.15, -0.1) is 0 Å². The van der Waals surface area contributed by atoms with Gasteiger partial charge in [-0.05, 0) is 12.1 Å². The highest BCUT2D eigenvalue weighted by molar-refractivity contribution is 7.89. The SMILES string of the molecule is CON(C)S(=O)(=O)c1c(OCC(F)F)cccc1C(F)(F)F. The molecule has 22 heavy (non-hydrogen) atoms. The van der Waals surface area contributed by atoms with Crippen molar-refractivity contribution in [3.8, 4) is 5.75 Å². The van der Waals surface area contributed by atoms with Crippen molar-refractivity contribution < 1.29 is 39.9 Å². The molecule has 1 aromatic rings. The van der Waals surface area contributed by atoms with Gasteiger partial charge in [0.05, 0.1) is 12.7 Å². The van der Waals surface area contributed by atoms with E-state index in [0.29, 0.717) is 6.07 Å². The minimum absolute atomic E-state index is 0.173. The maximum atomic E-state index is 13.0. The fourth-order valence-corrected chi connectivity index (χ4v) is 2.79. The summed E-state index contributed by atoms with van der Waals surface area (Å²) >= 11 is 0. The van der Waals surface area contributed by atoms with Crippen LogP contribution in [0.2, 0.25) is 0 Å². The molecule has 0 atom stereocenters. The summed E-state index contributed by atoms with van der Waals surface area (Å²) in [6.07, 6.45) is -8.01. The van der Waals surface area contributed by atoms with Crippen molar-refractivity contribution in [2.24, 2.45) is 0 Å². The highest BCUT2D eigenvalue weighted by Gasteiger charge is 2.41. The number of ether oxygens (including phenoxy) is 1. The summed E-state index contributed by atoms with van der Waals surface area (Å²) in [7, 11) is -2.98. The molecule has 0 aliphatic rings. The first-order valence-electron chi connectivity index (χ1n) is 5.66. The molecule has 0 bridgehead atoms. The Morgan fingerprint density at radius 2 is 1.86 bits per heavy atom. The van der Waals surface area contributed by atoms with Crippen LogP contribution in [-0.2, 0) is 21.0 Å². The zero-order chi connectivity index (χ0) is 17.1. The Balaban J connectivity index is 3.54. The molecule has 0 fully saturated rings. The predicted molar refractivity (Wildman–Crippen MR) is 64.9 cm³/mol. The molecule has 0 aliphatic heterocycles. The second-order valence-corrected chi connectivity index (χ2v) is 5.80. The molecule has 0 spiro atoms. The number of nitrogens with zero attached hydrogens (tertiary/aromatic N) is 1. The van der Waals surface area contributed by atoms with Crippen molar-refractivity contribution in [1.29, 1.82) is 0 Å². The Bertz CT molecular complexity index is 617. The van der Waals surface area contributed by atoms with Crippen LogP contribution >= 0.6 is 0 Å². The molecule has 0 aliphatic carbocycles. The second-order valence-electron chi connectivity index (χ2n) is 3.93. The van der Waals surface area contributed by atoms with Gasteiger partial charge in [0, 0.05) is 7.05 Å². The van der Waals surface area contributed by atoms with Crippen LogP contribution in [0.4, 0.5) is 22.0 Å². The van der Waals surface area contributed by atoms with Gasteiger partial charge in [0.25, 0.3) is 16.4 Å². The van der Waals surface area contributed by atoms with Crippen molar-refractivity contribution in [3.63, 3.8) is 0 Å². The first kappa shape index (κ1) is 18.6. The average molecular weight is 349 g/mol. The maximum absolute atomic E-state index is 13.0. The molecule has 126 valence electrons. The van der Waals surface area contributed by atoms with Gasteiger partial charge in [-0.3, -0.25) is 4.84 Å². The summed E-state index contributed by atoms with van der Waals surface area (Å²) < 4.78 is 92.3. The number of rotatable bonds is 6. The van der Waals surface area contributed by atoms with Crippen LogP contribution < -0.4 is 4.74 Å². The Morgan fingerprint density at radius 1 is 1.27 bits per heavy atom. The number of hydrogen-bond acceptors (Lipinski definition) is 4. The van der Waals surface area contributed by atoms with E-state index in [1.54, 1.807) is 0 Å². The maximum Gasteiger partial charge on any atom is 0.417 e. The van der Waals surface area contributed by atoms with Crippen molar-refractivity contribution in [3.05, 3.63) is 23.8 Å². The van der Waals surface area contributed by atoms with Gasteiger partial charge in [-0.2, -0.15) is 13.2 Å². The van der Waals surface area contributed by atoms with Gasteiger partial charge < -0.3 is 4.74 Å². The summed E-state index contributed by atoms with van der Waals surface area (Å²) in [4.78, 5) is 3.11. The number of alkyl halides is 5. The lowest BCUT2D eigenvalue weighted by Gasteiger charge is -2.21. The Labute approximate surface area is 123 Å². The van der Waals surface area contributed by atoms with Crippen LogP contribution in [0.5, 0.6) is 5.75 Å². The van der Waals surface area contributed by atoms with Gasteiger partial charge in [-0.1, -0.05) is 10.5 Å². The number of hydrogen-bond donors (Lipinski definition) is 0. The van der Waals surface area contributed by atoms with E-state index in [-0.39, 0.29) is 4.47 Å². The predicted octanol–water partition coefficient (Wildman–Crippen LogP) is 2.53. The first-order chi connectivity index (χ1) is 10.0. The van der Waals surface area contributed by atoms with Crippen LogP contribution in [0.3, 0.4) is 0 Å². The highest BCUT2D eigenvalue weighted by Crippen LogP contribution is 2.39. The average Bonchev–Trinajstić information content (AvgIpc) is 2.42. The summed E-state index contributed by atoms with van der Waals surface area (Å²) in [6, 6.07) is 2.22.